The van der Waals surface area contributed by atoms with Crippen LogP contribution in [0, 0.1) is 0 Å². The Kier molecular flexibility index (Phi) is 4.73. The molecule has 0 fully saturated rings. The molecular weight excluding hydrogens is 210 g/mol. The van der Waals surface area contributed by atoms with Gasteiger partial charge in [0.15, 0.2) is 11.5 Å². The van der Waals surface area contributed by atoms with Gasteiger partial charge in [-0.25, -0.2) is 4.98 Å². The molecule has 0 radical (unpaired) electrons. The van der Waals surface area contributed by atoms with E-state index in [-0.39, 0.29) is 0 Å². The molecule has 0 atom stereocenters. The third-order valence-electron chi connectivity index (χ3n) is 2.58. The first-order valence-corrected chi connectivity index (χ1v) is 6.49. The lowest BCUT2D eigenvalue weighted by Gasteiger charge is -2.04. The maximum Gasteiger partial charge on any atom is 0.198 e. The van der Waals surface area contributed by atoms with Crippen molar-refractivity contribution >= 4 is 11.1 Å². The lowest BCUT2D eigenvalue weighted by Crippen LogP contribution is -1.86. The number of rotatable bonds is 2. The van der Waals surface area contributed by atoms with Crippen molar-refractivity contribution in [1.29, 1.82) is 0 Å². The quantitative estimate of drug-likeness (QED) is 0.721. The van der Waals surface area contributed by atoms with Gasteiger partial charge in [0.05, 0.1) is 0 Å². The molecule has 2 aromatic rings. The molecule has 2 heteroatoms. The van der Waals surface area contributed by atoms with E-state index < -0.39 is 0 Å². The molecule has 1 aromatic heterocycles. The van der Waals surface area contributed by atoms with Gasteiger partial charge in [-0.1, -0.05) is 53.7 Å². The Labute approximate surface area is 104 Å². The Hall–Kier alpha value is -1.31. The first-order chi connectivity index (χ1) is 8.09. The minimum absolute atomic E-state index is 0.345. The first-order valence-electron chi connectivity index (χ1n) is 6.49. The molecular formula is C15H23NO. The zero-order valence-electron chi connectivity index (χ0n) is 11.7. The highest BCUT2D eigenvalue weighted by molar-refractivity contribution is 5.77. The van der Waals surface area contributed by atoms with E-state index in [0.29, 0.717) is 11.8 Å². The average molecular weight is 233 g/mol. The van der Waals surface area contributed by atoms with Crippen LogP contribution in [-0.2, 0) is 0 Å². The van der Waals surface area contributed by atoms with Gasteiger partial charge in [0.2, 0.25) is 0 Å². The summed E-state index contributed by atoms with van der Waals surface area (Å²) in [6.07, 6.45) is 0. The van der Waals surface area contributed by atoms with Crippen LogP contribution in [-0.4, -0.2) is 4.98 Å². The number of nitrogens with zero attached hydrogens (tertiary/aromatic N) is 1. The van der Waals surface area contributed by atoms with E-state index >= 15 is 0 Å². The molecule has 2 nitrogen and oxygen atoms in total. The molecule has 0 saturated carbocycles. The first kappa shape index (κ1) is 13.8. The number of para-hydroxylation sites is 1. The van der Waals surface area contributed by atoms with Crippen LogP contribution in [0.3, 0.4) is 0 Å². The van der Waals surface area contributed by atoms with Crippen molar-refractivity contribution in [3.05, 3.63) is 29.7 Å². The highest BCUT2D eigenvalue weighted by Crippen LogP contribution is 2.28. The number of fused-ring (bicyclic) bond motifs is 1. The fraction of sp³-hybridized carbons (Fsp3) is 0.533. The van der Waals surface area contributed by atoms with Crippen LogP contribution in [0.5, 0.6) is 0 Å². The number of hydrogen-bond donors (Lipinski definition) is 0. The van der Waals surface area contributed by atoms with Gasteiger partial charge in [-0.05, 0) is 17.5 Å². The van der Waals surface area contributed by atoms with E-state index in [1.165, 1.54) is 5.56 Å². The van der Waals surface area contributed by atoms with E-state index in [1.54, 1.807) is 0 Å². The molecule has 0 aliphatic rings. The topological polar surface area (TPSA) is 26.0 Å². The lowest BCUT2D eigenvalue weighted by atomic mass is 10.0. The van der Waals surface area contributed by atoms with Crippen LogP contribution in [0.2, 0.25) is 0 Å². The predicted octanol–water partition coefficient (Wildman–Crippen LogP) is 5.10. The van der Waals surface area contributed by atoms with Crippen LogP contribution >= 0.6 is 0 Å². The fourth-order valence-electron chi connectivity index (χ4n) is 1.69. The van der Waals surface area contributed by atoms with Crippen LogP contribution in [0.15, 0.2) is 22.6 Å². The molecule has 0 spiro atoms. The van der Waals surface area contributed by atoms with Gasteiger partial charge in [-0.2, -0.15) is 0 Å². The van der Waals surface area contributed by atoms with Crippen LogP contribution in [0.4, 0.5) is 0 Å². The molecule has 0 N–H and O–H groups in total. The highest BCUT2D eigenvalue weighted by Gasteiger charge is 2.13. The minimum Gasteiger partial charge on any atom is -0.440 e. The van der Waals surface area contributed by atoms with Crippen molar-refractivity contribution in [2.24, 2.45) is 0 Å². The summed E-state index contributed by atoms with van der Waals surface area (Å²) in [5.74, 6) is 1.65. The van der Waals surface area contributed by atoms with Gasteiger partial charge in [0.1, 0.15) is 5.52 Å². The molecule has 94 valence electrons. The Bertz CT molecular complexity index is 469. The second-order valence-corrected chi connectivity index (χ2v) is 4.56. The van der Waals surface area contributed by atoms with Crippen molar-refractivity contribution in [1.82, 2.24) is 4.98 Å². The molecule has 1 aromatic carbocycles. The molecule has 0 saturated heterocycles. The van der Waals surface area contributed by atoms with Crippen molar-refractivity contribution in [2.75, 3.05) is 0 Å². The zero-order chi connectivity index (χ0) is 13.0. The van der Waals surface area contributed by atoms with E-state index in [4.69, 9.17) is 4.42 Å². The summed E-state index contributed by atoms with van der Waals surface area (Å²) in [7, 11) is 0. The molecule has 1 heterocycles. The van der Waals surface area contributed by atoms with Crippen molar-refractivity contribution in [3.63, 3.8) is 0 Å². The summed E-state index contributed by atoms with van der Waals surface area (Å²) < 4.78 is 5.81. The Morgan fingerprint density at radius 3 is 2.18 bits per heavy atom. The summed E-state index contributed by atoms with van der Waals surface area (Å²) in [5.41, 5.74) is 3.17. The van der Waals surface area contributed by atoms with E-state index in [2.05, 4.69) is 38.7 Å². The van der Waals surface area contributed by atoms with Crippen molar-refractivity contribution in [2.45, 2.75) is 53.4 Å². The maximum absolute atomic E-state index is 5.81. The molecule has 0 aliphatic heterocycles. The van der Waals surface area contributed by atoms with Gasteiger partial charge < -0.3 is 4.42 Å². The monoisotopic (exact) mass is 233 g/mol. The molecule has 0 aliphatic carbocycles. The normalized spacial score (nSPS) is 10.8. The summed E-state index contributed by atoms with van der Waals surface area (Å²) in [5, 5.41) is 0. The smallest absolute Gasteiger partial charge is 0.198 e. The van der Waals surface area contributed by atoms with Gasteiger partial charge in [0.25, 0.3) is 0 Å². The lowest BCUT2D eigenvalue weighted by molar-refractivity contribution is 0.498. The van der Waals surface area contributed by atoms with E-state index in [1.807, 2.05) is 26.0 Å². The molecule has 2 rings (SSSR count). The average Bonchev–Trinajstić information content (AvgIpc) is 2.74. The summed E-state index contributed by atoms with van der Waals surface area (Å²) in [4.78, 5) is 4.49. The van der Waals surface area contributed by atoms with E-state index in [0.717, 1.165) is 17.0 Å². The second-order valence-electron chi connectivity index (χ2n) is 4.56. The van der Waals surface area contributed by atoms with Gasteiger partial charge >= 0.3 is 0 Å². The SMILES string of the molecule is CC.CC(C)c1nc2cccc(C(C)C)c2o1. The molecule has 0 bridgehead atoms. The molecule has 0 amide bonds. The zero-order valence-corrected chi connectivity index (χ0v) is 11.7. The van der Waals surface area contributed by atoms with Crippen LogP contribution in [0.1, 0.15) is 64.8 Å². The molecule has 0 unspecified atom stereocenters. The number of benzene rings is 1. The summed E-state index contributed by atoms with van der Waals surface area (Å²) >= 11 is 0. The van der Waals surface area contributed by atoms with Gasteiger partial charge in [-0.3, -0.25) is 0 Å². The minimum atomic E-state index is 0.345. The third-order valence-corrected chi connectivity index (χ3v) is 2.58. The Morgan fingerprint density at radius 2 is 1.65 bits per heavy atom. The summed E-state index contributed by atoms with van der Waals surface area (Å²) in [6, 6.07) is 6.17. The molecule has 17 heavy (non-hydrogen) atoms. The second kappa shape index (κ2) is 5.85. The maximum atomic E-state index is 5.81. The van der Waals surface area contributed by atoms with Crippen LogP contribution in [0.25, 0.3) is 11.1 Å². The fourth-order valence-corrected chi connectivity index (χ4v) is 1.69. The van der Waals surface area contributed by atoms with Gasteiger partial charge in [-0.15, -0.1) is 0 Å². The summed E-state index contributed by atoms with van der Waals surface area (Å²) in [6.45, 7) is 12.5. The number of hydrogen-bond acceptors (Lipinski definition) is 2. The van der Waals surface area contributed by atoms with Crippen LogP contribution < -0.4 is 0 Å². The standard InChI is InChI=1S/C13H17NO.C2H6/c1-8(2)10-6-5-7-11-12(10)15-13(14-11)9(3)4;1-2/h5-9H,1-4H3;1-2H3. The van der Waals surface area contributed by atoms with Crippen molar-refractivity contribution < 1.29 is 4.42 Å². The Morgan fingerprint density at radius 1 is 1.00 bits per heavy atom. The number of oxazole rings is 1. The van der Waals surface area contributed by atoms with E-state index in [9.17, 15) is 0 Å². The number of aromatic nitrogens is 1. The highest BCUT2D eigenvalue weighted by atomic mass is 16.3. The van der Waals surface area contributed by atoms with Crippen molar-refractivity contribution in [3.8, 4) is 0 Å². The largest absolute Gasteiger partial charge is 0.440 e. The van der Waals surface area contributed by atoms with Gasteiger partial charge in [0, 0.05) is 5.92 Å². The third kappa shape index (κ3) is 2.87. The predicted molar refractivity (Wildman–Crippen MR) is 73.5 cm³/mol. The Balaban J connectivity index is 0.000000686.